The van der Waals surface area contributed by atoms with E-state index in [4.69, 9.17) is 4.74 Å². The van der Waals surface area contributed by atoms with Gasteiger partial charge in [-0.3, -0.25) is 14.9 Å². The SMILES string of the molecule is COc1c(O)ccc(C=NNC(=O)Cc2cccs2)c1[N+](=O)[O-]. The van der Waals surface area contributed by atoms with Gasteiger partial charge in [-0.2, -0.15) is 5.10 Å². The summed E-state index contributed by atoms with van der Waals surface area (Å²) in [6.45, 7) is 0. The summed E-state index contributed by atoms with van der Waals surface area (Å²) in [7, 11) is 1.21. The van der Waals surface area contributed by atoms with Gasteiger partial charge in [-0.15, -0.1) is 11.3 Å². The van der Waals surface area contributed by atoms with E-state index in [0.29, 0.717) is 0 Å². The van der Waals surface area contributed by atoms with Crippen molar-refractivity contribution in [2.24, 2.45) is 5.10 Å². The third-order valence-corrected chi connectivity index (χ3v) is 3.71. The molecule has 0 aliphatic carbocycles. The second kappa shape index (κ2) is 7.36. The Bertz CT molecular complexity index is 743. The number of rotatable bonds is 6. The van der Waals surface area contributed by atoms with Crippen LogP contribution in [0, 0.1) is 10.1 Å². The number of benzene rings is 1. The van der Waals surface area contributed by atoms with E-state index >= 15 is 0 Å². The first-order valence-corrected chi connectivity index (χ1v) is 7.29. The van der Waals surface area contributed by atoms with Crippen LogP contribution in [0.25, 0.3) is 0 Å². The maximum atomic E-state index is 11.7. The summed E-state index contributed by atoms with van der Waals surface area (Å²) in [4.78, 5) is 23.0. The van der Waals surface area contributed by atoms with Crippen LogP contribution < -0.4 is 10.2 Å². The molecule has 1 amide bonds. The van der Waals surface area contributed by atoms with Gasteiger partial charge < -0.3 is 9.84 Å². The number of phenols is 1. The van der Waals surface area contributed by atoms with E-state index < -0.39 is 10.6 Å². The first kappa shape index (κ1) is 16.4. The van der Waals surface area contributed by atoms with Gasteiger partial charge in [-0.05, 0) is 23.6 Å². The van der Waals surface area contributed by atoms with E-state index in [1.54, 1.807) is 0 Å². The Morgan fingerprint density at radius 1 is 1.52 bits per heavy atom. The van der Waals surface area contributed by atoms with Gasteiger partial charge in [0.2, 0.25) is 11.7 Å². The van der Waals surface area contributed by atoms with Crippen LogP contribution in [0.2, 0.25) is 0 Å². The molecule has 2 rings (SSSR count). The van der Waals surface area contributed by atoms with Crippen molar-refractivity contribution in [2.45, 2.75) is 6.42 Å². The third-order valence-electron chi connectivity index (χ3n) is 2.84. The Kier molecular flexibility index (Phi) is 5.26. The fourth-order valence-electron chi connectivity index (χ4n) is 1.85. The Hall–Kier alpha value is -2.94. The monoisotopic (exact) mass is 335 g/mol. The molecule has 0 aliphatic heterocycles. The number of ether oxygens (including phenoxy) is 1. The zero-order chi connectivity index (χ0) is 16.8. The number of nitro groups is 1. The van der Waals surface area contributed by atoms with Gasteiger partial charge in [0.1, 0.15) is 0 Å². The summed E-state index contributed by atoms with van der Waals surface area (Å²) >= 11 is 1.45. The molecular weight excluding hydrogens is 322 g/mol. The number of phenolic OH excluding ortho intramolecular Hbond substituents is 1. The highest BCUT2D eigenvalue weighted by Gasteiger charge is 2.23. The highest BCUT2D eigenvalue weighted by Crippen LogP contribution is 2.37. The second-order valence-electron chi connectivity index (χ2n) is 4.36. The molecule has 0 bridgehead atoms. The summed E-state index contributed by atoms with van der Waals surface area (Å²) in [5, 5.41) is 26.3. The molecule has 0 fully saturated rings. The Labute approximate surface area is 135 Å². The highest BCUT2D eigenvalue weighted by molar-refractivity contribution is 7.10. The van der Waals surface area contributed by atoms with Crippen molar-refractivity contribution in [1.29, 1.82) is 0 Å². The molecule has 1 aromatic carbocycles. The smallest absolute Gasteiger partial charge is 0.323 e. The van der Waals surface area contributed by atoms with Gasteiger partial charge in [-0.25, -0.2) is 5.43 Å². The predicted octanol–water partition coefficient (Wildman–Crippen LogP) is 2.06. The largest absolute Gasteiger partial charge is 0.504 e. The molecule has 0 saturated heterocycles. The lowest BCUT2D eigenvalue weighted by molar-refractivity contribution is -0.386. The molecule has 0 radical (unpaired) electrons. The number of nitro benzene ring substituents is 1. The Morgan fingerprint density at radius 2 is 2.30 bits per heavy atom. The minimum Gasteiger partial charge on any atom is -0.504 e. The second-order valence-corrected chi connectivity index (χ2v) is 5.39. The number of carbonyl (C=O) groups excluding carboxylic acids is 1. The quantitative estimate of drug-likeness (QED) is 0.476. The fourth-order valence-corrected chi connectivity index (χ4v) is 2.56. The number of nitrogens with zero attached hydrogens (tertiary/aromatic N) is 2. The lowest BCUT2D eigenvalue weighted by Crippen LogP contribution is -2.19. The number of nitrogens with one attached hydrogen (secondary N) is 1. The van der Waals surface area contributed by atoms with Crippen molar-refractivity contribution in [3.63, 3.8) is 0 Å². The van der Waals surface area contributed by atoms with Crippen LogP contribution in [-0.2, 0) is 11.2 Å². The predicted molar refractivity (Wildman–Crippen MR) is 85.1 cm³/mol. The molecule has 1 heterocycles. The number of hydrogen-bond acceptors (Lipinski definition) is 7. The van der Waals surface area contributed by atoms with Crippen LogP contribution in [0.15, 0.2) is 34.7 Å². The van der Waals surface area contributed by atoms with Crippen molar-refractivity contribution in [2.75, 3.05) is 7.11 Å². The average Bonchev–Trinajstić information content (AvgIpc) is 3.00. The van der Waals surface area contributed by atoms with Crippen molar-refractivity contribution < 1.29 is 19.6 Å². The molecule has 0 spiro atoms. The summed E-state index contributed by atoms with van der Waals surface area (Å²) in [6, 6.07) is 6.22. The molecule has 120 valence electrons. The maximum Gasteiger partial charge on any atom is 0.323 e. The number of aromatic hydroxyl groups is 1. The van der Waals surface area contributed by atoms with Crippen LogP contribution in [-0.4, -0.2) is 29.3 Å². The number of methoxy groups -OCH3 is 1. The maximum absolute atomic E-state index is 11.7. The fraction of sp³-hybridized carbons (Fsp3) is 0.143. The molecule has 1 aromatic heterocycles. The summed E-state index contributed by atoms with van der Waals surface area (Å²) in [5.74, 6) is -0.945. The van der Waals surface area contributed by atoms with E-state index in [1.807, 2.05) is 17.5 Å². The molecule has 2 N–H and O–H groups in total. The van der Waals surface area contributed by atoms with Crippen LogP contribution in [0.4, 0.5) is 5.69 Å². The van der Waals surface area contributed by atoms with E-state index in [1.165, 1.54) is 30.6 Å². The standard InChI is InChI=1S/C14H13N3O5S/c1-22-14-11(18)5-4-9(13(14)17(20)21)8-15-16-12(19)7-10-3-2-6-23-10/h2-6,8,18H,7H2,1H3,(H,16,19). The van der Waals surface area contributed by atoms with Crippen LogP contribution in [0.3, 0.4) is 0 Å². The molecular formula is C14H13N3O5S. The number of hydrazone groups is 1. The van der Waals surface area contributed by atoms with E-state index in [-0.39, 0.29) is 29.4 Å². The summed E-state index contributed by atoms with van der Waals surface area (Å²) < 4.78 is 4.84. The first-order chi connectivity index (χ1) is 11.0. The number of hydrogen-bond donors (Lipinski definition) is 2. The van der Waals surface area contributed by atoms with Gasteiger partial charge in [0, 0.05) is 4.88 Å². The molecule has 8 nitrogen and oxygen atoms in total. The normalized spacial score (nSPS) is 10.7. The third kappa shape index (κ3) is 4.04. The molecule has 0 saturated carbocycles. The summed E-state index contributed by atoms with van der Waals surface area (Å²) in [6.07, 6.45) is 1.31. The van der Waals surface area contributed by atoms with Crippen molar-refractivity contribution in [3.05, 3.63) is 50.2 Å². The summed E-state index contributed by atoms with van der Waals surface area (Å²) in [5.41, 5.74) is 1.97. The van der Waals surface area contributed by atoms with Crippen molar-refractivity contribution in [1.82, 2.24) is 5.43 Å². The number of carbonyl (C=O) groups is 1. The van der Waals surface area contributed by atoms with Gasteiger partial charge >= 0.3 is 5.69 Å². The van der Waals surface area contributed by atoms with E-state index in [0.717, 1.165) is 11.1 Å². The van der Waals surface area contributed by atoms with Crippen molar-refractivity contribution >= 4 is 29.1 Å². The van der Waals surface area contributed by atoms with Gasteiger partial charge in [0.25, 0.3) is 0 Å². The lowest BCUT2D eigenvalue weighted by atomic mass is 10.1. The van der Waals surface area contributed by atoms with Crippen LogP contribution in [0.5, 0.6) is 11.5 Å². The zero-order valence-electron chi connectivity index (χ0n) is 12.1. The van der Waals surface area contributed by atoms with Crippen LogP contribution in [0.1, 0.15) is 10.4 Å². The highest BCUT2D eigenvalue weighted by atomic mass is 32.1. The molecule has 0 atom stereocenters. The average molecular weight is 335 g/mol. The molecule has 0 unspecified atom stereocenters. The lowest BCUT2D eigenvalue weighted by Gasteiger charge is -2.06. The van der Waals surface area contributed by atoms with E-state index in [9.17, 15) is 20.0 Å². The minimum atomic E-state index is -0.687. The Balaban J connectivity index is 2.13. The van der Waals surface area contributed by atoms with Gasteiger partial charge in [-0.1, -0.05) is 6.07 Å². The number of thiophene rings is 1. The molecule has 2 aromatic rings. The molecule has 9 heteroatoms. The zero-order valence-corrected chi connectivity index (χ0v) is 12.9. The minimum absolute atomic E-state index is 0.0982. The Morgan fingerprint density at radius 3 is 2.91 bits per heavy atom. The van der Waals surface area contributed by atoms with Gasteiger partial charge in [0.05, 0.1) is 30.2 Å². The van der Waals surface area contributed by atoms with Crippen LogP contribution >= 0.6 is 11.3 Å². The first-order valence-electron chi connectivity index (χ1n) is 6.41. The van der Waals surface area contributed by atoms with Gasteiger partial charge in [0.15, 0.2) is 5.75 Å². The van der Waals surface area contributed by atoms with Crippen molar-refractivity contribution in [3.8, 4) is 11.5 Å². The topological polar surface area (TPSA) is 114 Å². The van der Waals surface area contributed by atoms with E-state index in [2.05, 4.69) is 10.5 Å². The molecule has 23 heavy (non-hydrogen) atoms. The molecule has 0 aliphatic rings. The number of amides is 1.